The molecule has 0 unspecified atom stereocenters. The molecule has 4 rings (SSSR count). The van der Waals surface area contributed by atoms with Crippen LogP contribution in [0.3, 0.4) is 0 Å². The quantitative estimate of drug-likeness (QED) is 0.715. The zero-order valence-electron chi connectivity index (χ0n) is 17.7. The highest BCUT2D eigenvalue weighted by molar-refractivity contribution is 7.89. The molecule has 0 aliphatic carbocycles. The molecule has 0 saturated carbocycles. The number of likely N-dealkylation sites (tertiary alicyclic amines) is 1. The molecule has 2 aromatic carbocycles. The van der Waals surface area contributed by atoms with Crippen LogP contribution < -0.4 is 5.32 Å². The zero-order chi connectivity index (χ0) is 22.7. The molecule has 32 heavy (non-hydrogen) atoms. The van der Waals surface area contributed by atoms with Crippen molar-refractivity contribution in [3.05, 3.63) is 59.1 Å². The summed E-state index contributed by atoms with van der Waals surface area (Å²) in [5.41, 5.74) is 1.04. The van der Waals surface area contributed by atoms with E-state index in [0.717, 1.165) is 12.8 Å². The van der Waals surface area contributed by atoms with Gasteiger partial charge in [0, 0.05) is 48.4 Å². The molecular formula is C23H26ClN3O4S. The second-order valence-corrected chi connectivity index (χ2v) is 10.6. The topological polar surface area (TPSA) is 86.8 Å². The van der Waals surface area contributed by atoms with E-state index in [1.165, 1.54) is 10.4 Å². The monoisotopic (exact) mass is 475 g/mol. The van der Waals surface area contributed by atoms with Crippen molar-refractivity contribution in [1.29, 1.82) is 0 Å². The third-order valence-corrected chi connectivity index (χ3v) is 8.20. The lowest BCUT2D eigenvalue weighted by Crippen LogP contribution is -2.41. The summed E-state index contributed by atoms with van der Waals surface area (Å²) in [6, 6.07) is 13.2. The number of carbonyl (C=O) groups excluding carboxylic acids is 2. The Hall–Kier alpha value is -2.42. The van der Waals surface area contributed by atoms with Gasteiger partial charge in [-0.2, -0.15) is 4.31 Å². The fourth-order valence-corrected chi connectivity index (χ4v) is 5.87. The lowest BCUT2D eigenvalue weighted by molar-refractivity contribution is -0.121. The fourth-order valence-electron chi connectivity index (χ4n) is 4.18. The molecule has 2 heterocycles. The smallest absolute Gasteiger partial charge is 0.253 e. The highest BCUT2D eigenvalue weighted by atomic mass is 35.5. The second-order valence-electron chi connectivity index (χ2n) is 8.20. The molecule has 2 saturated heterocycles. The van der Waals surface area contributed by atoms with Crippen molar-refractivity contribution in [2.24, 2.45) is 5.92 Å². The lowest BCUT2D eigenvalue weighted by atomic mass is 9.95. The molecule has 2 aliphatic rings. The minimum absolute atomic E-state index is 0.0691. The van der Waals surface area contributed by atoms with Crippen molar-refractivity contribution in [1.82, 2.24) is 9.21 Å². The van der Waals surface area contributed by atoms with E-state index >= 15 is 0 Å². The Morgan fingerprint density at radius 2 is 1.59 bits per heavy atom. The second kappa shape index (κ2) is 9.60. The summed E-state index contributed by atoms with van der Waals surface area (Å²) in [6.45, 7) is 2.05. The summed E-state index contributed by atoms with van der Waals surface area (Å²) in [6.07, 6.45) is 2.84. The number of nitrogens with one attached hydrogen (secondary N) is 1. The van der Waals surface area contributed by atoms with Gasteiger partial charge in [0.05, 0.1) is 4.90 Å². The summed E-state index contributed by atoms with van der Waals surface area (Å²) >= 11 is 5.89. The summed E-state index contributed by atoms with van der Waals surface area (Å²) in [4.78, 5) is 27.4. The van der Waals surface area contributed by atoms with Crippen molar-refractivity contribution in [2.75, 3.05) is 31.5 Å². The van der Waals surface area contributed by atoms with Crippen molar-refractivity contribution in [3.63, 3.8) is 0 Å². The summed E-state index contributed by atoms with van der Waals surface area (Å²) in [5.74, 6) is -0.456. The van der Waals surface area contributed by atoms with E-state index < -0.39 is 10.0 Å². The molecule has 9 heteroatoms. The van der Waals surface area contributed by atoms with Crippen molar-refractivity contribution < 1.29 is 18.0 Å². The Bertz CT molecular complexity index is 1090. The molecule has 0 radical (unpaired) electrons. The number of hydrogen-bond donors (Lipinski definition) is 1. The van der Waals surface area contributed by atoms with E-state index in [-0.39, 0.29) is 22.6 Å². The average molecular weight is 476 g/mol. The SMILES string of the molecule is O=C(Nc1cccc(S(=O)(=O)N2CCCC2)c1)C1CCN(C(=O)c2ccc(Cl)cc2)CC1. The molecule has 0 aromatic heterocycles. The largest absolute Gasteiger partial charge is 0.339 e. The number of carbonyl (C=O) groups is 2. The van der Waals surface area contributed by atoms with Crippen LogP contribution in [0.2, 0.25) is 5.02 Å². The van der Waals surface area contributed by atoms with E-state index in [1.807, 2.05) is 0 Å². The van der Waals surface area contributed by atoms with Gasteiger partial charge in [-0.25, -0.2) is 8.42 Å². The standard InChI is InChI=1S/C23H26ClN3O4S/c24-19-8-6-18(7-9-19)23(29)26-14-10-17(11-15-26)22(28)25-20-4-3-5-21(16-20)32(30,31)27-12-1-2-13-27/h3-9,16-17H,1-2,10-15H2,(H,25,28). The van der Waals surface area contributed by atoms with E-state index in [1.54, 1.807) is 47.4 Å². The normalized spacial score (nSPS) is 18.0. The molecule has 0 bridgehead atoms. The Morgan fingerprint density at radius 1 is 0.938 bits per heavy atom. The van der Waals surface area contributed by atoms with Gasteiger partial charge in [0.15, 0.2) is 0 Å². The highest BCUT2D eigenvalue weighted by Crippen LogP contribution is 2.25. The number of piperidine rings is 1. The molecular weight excluding hydrogens is 450 g/mol. The number of sulfonamides is 1. The van der Waals surface area contributed by atoms with Gasteiger partial charge in [-0.1, -0.05) is 17.7 Å². The first-order valence-corrected chi connectivity index (χ1v) is 12.6. The van der Waals surface area contributed by atoms with Crippen LogP contribution in [0.15, 0.2) is 53.4 Å². The highest BCUT2D eigenvalue weighted by Gasteiger charge is 2.29. The predicted octanol–water partition coefficient (Wildman–Crippen LogP) is 3.62. The van der Waals surface area contributed by atoms with E-state index in [0.29, 0.717) is 55.3 Å². The van der Waals surface area contributed by atoms with Crippen LogP contribution in [0.5, 0.6) is 0 Å². The zero-order valence-corrected chi connectivity index (χ0v) is 19.2. The van der Waals surface area contributed by atoms with Crippen LogP contribution in [0.1, 0.15) is 36.0 Å². The first-order chi connectivity index (χ1) is 15.3. The van der Waals surface area contributed by atoms with Crippen LogP contribution in [0, 0.1) is 5.92 Å². The summed E-state index contributed by atoms with van der Waals surface area (Å²) in [5, 5.41) is 3.43. The van der Waals surface area contributed by atoms with Crippen molar-refractivity contribution in [2.45, 2.75) is 30.6 Å². The molecule has 2 aliphatic heterocycles. The maximum atomic E-state index is 12.8. The number of halogens is 1. The molecule has 0 atom stereocenters. The Morgan fingerprint density at radius 3 is 2.25 bits per heavy atom. The van der Waals surface area contributed by atoms with Gasteiger partial charge in [-0.15, -0.1) is 0 Å². The first kappa shape index (κ1) is 22.8. The van der Waals surface area contributed by atoms with Gasteiger partial charge in [-0.3, -0.25) is 9.59 Å². The van der Waals surface area contributed by atoms with Gasteiger partial charge in [0.1, 0.15) is 0 Å². The van der Waals surface area contributed by atoms with Crippen molar-refractivity contribution >= 4 is 39.1 Å². The molecule has 2 amide bonds. The predicted molar refractivity (Wildman–Crippen MR) is 123 cm³/mol. The van der Waals surface area contributed by atoms with Crippen LogP contribution in [0.4, 0.5) is 5.69 Å². The maximum absolute atomic E-state index is 12.8. The van der Waals surface area contributed by atoms with Gasteiger partial charge in [-0.05, 0) is 68.1 Å². The third-order valence-electron chi connectivity index (χ3n) is 6.05. The van der Waals surface area contributed by atoms with Crippen LogP contribution >= 0.6 is 11.6 Å². The molecule has 1 N–H and O–H groups in total. The lowest BCUT2D eigenvalue weighted by Gasteiger charge is -2.31. The summed E-state index contributed by atoms with van der Waals surface area (Å²) < 4.78 is 27.0. The number of rotatable bonds is 5. The maximum Gasteiger partial charge on any atom is 0.253 e. The Labute approximate surface area is 193 Å². The van der Waals surface area contributed by atoms with Gasteiger partial charge in [0.25, 0.3) is 5.91 Å². The molecule has 0 spiro atoms. The van der Waals surface area contributed by atoms with Crippen LogP contribution in [-0.4, -0.2) is 55.6 Å². The number of anilines is 1. The van der Waals surface area contributed by atoms with E-state index in [2.05, 4.69) is 5.32 Å². The van der Waals surface area contributed by atoms with Gasteiger partial charge >= 0.3 is 0 Å². The number of nitrogens with zero attached hydrogens (tertiary/aromatic N) is 2. The third kappa shape index (κ3) is 4.98. The van der Waals surface area contributed by atoms with Crippen LogP contribution in [0.25, 0.3) is 0 Å². The van der Waals surface area contributed by atoms with Crippen molar-refractivity contribution in [3.8, 4) is 0 Å². The van der Waals surface area contributed by atoms with E-state index in [9.17, 15) is 18.0 Å². The number of hydrogen-bond acceptors (Lipinski definition) is 4. The van der Waals surface area contributed by atoms with E-state index in [4.69, 9.17) is 11.6 Å². The first-order valence-electron chi connectivity index (χ1n) is 10.8. The molecule has 7 nitrogen and oxygen atoms in total. The Balaban J connectivity index is 1.35. The number of amides is 2. The number of benzene rings is 2. The van der Waals surface area contributed by atoms with Gasteiger partial charge in [0.2, 0.25) is 15.9 Å². The van der Waals surface area contributed by atoms with Gasteiger partial charge < -0.3 is 10.2 Å². The molecule has 170 valence electrons. The molecule has 2 fully saturated rings. The minimum Gasteiger partial charge on any atom is -0.339 e. The molecule has 2 aromatic rings. The Kier molecular flexibility index (Phi) is 6.83. The van der Waals surface area contributed by atoms with Crippen LogP contribution in [-0.2, 0) is 14.8 Å². The minimum atomic E-state index is -3.54. The summed E-state index contributed by atoms with van der Waals surface area (Å²) in [7, 11) is -3.54. The fraction of sp³-hybridized carbons (Fsp3) is 0.391. The average Bonchev–Trinajstić information content (AvgIpc) is 3.35.